The third-order valence-electron chi connectivity index (χ3n) is 5.96. The minimum atomic E-state index is -0.154. The number of hydrogen-bond donors (Lipinski definition) is 1. The zero-order chi connectivity index (χ0) is 15.8. The Hall–Kier alpha value is -1.06. The number of likely N-dealkylation sites (tertiary alicyclic amines) is 1. The Morgan fingerprint density at radius 2 is 1.86 bits per heavy atom. The molecule has 1 aliphatic heterocycles. The Morgan fingerprint density at radius 3 is 2.29 bits per heavy atom. The van der Waals surface area contributed by atoms with Gasteiger partial charge in [0, 0.05) is 26.1 Å². The summed E-state index contributed by atoms with van der Waals surface area (Å²) >= 11 is 0. The molecule has 0 radical (unpaired) electrons. The van der Waals surface area contributed by atoms with E-state index in [1.807, 2.05) is 0 Å². The van der Waals surface area contributed by atoms with Gasteiger partial charge in [-0.3, -0.25) is 9.59 Å². The van der Waals surface area contributed by atoms with Crippen LogP contribution in [-0.2, 0) is 9.59 Å². The molecule has 2 rings (SSSR count). The average molecular weight is 294 g/mol. The zero-order valence-electron chi connectivity index (χ0n) is 14.2. The molecule has 1 heterocycles. The maximum absolute atomic E-state index is 12.3. The van der Waals surface area contributed by atoms with Gasteiger partial charge in [0.1, 0.15) is 0 Å². The fourth-order valence-corrected chi connectivity index (χ4v) is 3.51. The van der Waals surface area contributed by atoms with Crippen LogP contribution in [0.5, 0.6) is 0 Å². The first kappa shape index (κ1) is 16.3. The van der Waals surface area contributed by atoms with E-state index in [0.29, 0.717) is 23.8 Å². The largest absolute Gasteiger partial charge is 0.353 e. The summed E-state index contributed by atoms with van der Waals surface area (Å²) in [5.74, 6) is -0.00501. The van der Waals surface area contributed by atoms with Crippen LogP contribution in [0.1, 0.15) is 59.8 Å². The standard InChI is InChI=1S/C17H30N2O2/c1-16(2,3)17(4)8-6-13(7-9-17)18-15(21)12-10-14(20)19(5)11-12/h12-13H,6-11H2,1-5H3,(H,18,21). The van der Waals surface area contributed by atoms with Crippen LogP contribution in [-0.4, -0.2) is 36.3 Å². The van der Waals surface area contributed by atoms with E-state index < -0.39 is 0 Å². The molecule has 2 aliphatic rings. The fraction of sp³-hybridized carbons (Fsp3) is 0.882. The van der Waals surface area contributed by atoms with E-state index in [9.17, 15) is 9.59 Å². The van der Waals surface area contributed by atoms with Crippen LogP contribution in [0.3, 0.4) is 0 Å². The van der Waals surface area contributed by atoms with Crippen molar-refractivity contribution < 1.29 is 9.59 Å². The number of hydrogen-bond acceptors (Lipinski definition) is 2. The Bertz CT molecular complexity index is 417. The lowest BCUT2D eigenvalue weighted by molar-refractivity contribution is -0.128. The first-order chi connectivity index (χ1) is 9.62. The van der Waals surface area contributed by atoms with Gasteiger partial charge in [0.2, 0.25) is 11.8 Å². The number of nitrogens with one attached hydrogen (secondary N) is 1. The molecule has 120 valence electrons. The highest BCUT2D eigenvalue weighted by Crippen LogP contribution is 2.49. The van der Waals surface area contributed by atoms with Crippen LogP contribution in [0, 0.1) is 16.7 Å². The minimum Gasteiger partial charge on any atom is -0.353 e. The molecule has 1 unspecified atom stereocenters. The molecule has 1 aliphatic carbocycles. The van der Waals surface area contributed by atoms with Gasteiger partial charge in [0.15, 0.2) is 0 Å². The van der Waals surface area contributed by atoms with Gasteiger partial charge in [-0.2, -0.15) is 0 Å². The summed E-state index contributed by atoms with van der Waals surface area (Å²) < 4.78 is 0. The highest BCUT2D eigenvalue weighted by Gasteiger charge is 2.41. The Balaban J connectivity index is 1.84. The van der Waals surface area contributed by atoms with Gasteiger partial charge >= 0.3 is 0 Å². The van der Waals surface area contributed by atoms with Crippen molar-refractivity contribution in [2.75, 3.05) is 13.6 Å². The maximum atomic E-state index is 12.3. The summed E-state index contributed by atoms with van der Waals surface area (Å²) in [7, 11) is 1.77. The van der Waals surface area contributed by atoms with E-state index in [1.165, 1.54) is 0 Å². The molecule has 0 aromatic heterocycles. The van der Waals surface area contributed by atoms with E-state index in [-0.39, 0.29) is 23.8 Å². The van der Waals surface area contributed by atoms with Crippen molar-refractivity contribution in [1.82, 2.24) is 10.2 Å². The molecule has 2 fully saturated rings. The van der Waals surface area contributed by atoms with Crippen LogP contribution in [0.15, 0.2) is 0 Å². The van der Waals surface area contributed by atoms with Crippen molar-refractivity contribution in [2.45, 2.75) is 65.8 Å². The number of nitrogens with zero attached hydrogens (tertiary/aromatic N) is 1. The molecule has 0 aromatic carbocycles. The predicted molar refractivity (Wildman–Crippen MR) is 83.7 cm³/mol. The normalized spacial score (nSPS) is 34.1. The molecule has 4 nitrogen and oxygen atoms in total. The molecule has 2 amide bonds. The first-order valence-electron chi connectivity index (χ1n) is 8.17. The fourth-order valence-electron chi connectivity index (χ4n) is 3.51. The highest BCUT2D eigenvalue weighted by atomic mass is 16.2. The van der Waals surface area contributed by atoms with Gasteiger partial charge in [-0.15, -0.1) is 0 Å². The smallest absolute Gasteiger partial charge is 0.225 e. The number of amides is 2. The molecule has 4 heteroatoms. The van der Waals surface area contributed by atoms with Gasteiger partial charge < -0.3 is 10.2 Å². The van der Waals surface area contributed by atoms with Crippen LogP contribution in [0.25, 0.3) is 0 Å². The Morgan fingerprint density at radius 1 is 1.29 bits per heavy atom. The van der Waals surface area contributed by atoms with E-state index in [0.717, 1.165) is 25.7 Å². The molecule has 1 saturated carbocycles. The molecule has 0 aromatic rings. The van der Waals surface area contributed by atoms with Gasteiger partial charge in [-0.1, -0.05) is 27.7 Å². The second-order valence-electron chi connectivity index (χ2n) is 8.27. The molecular weight excluding hydrogens is 264 g/mol. The lowest BCUT2D eigenvalue weighted by Crippen LogP contribution is -2.45. The van der Waals surface area contributed by atoms with Crippen LogP contribution >= 0.6 is 0 Å². The summed E-state index contributed by atoms with van der Waals surface area (Å²) in [5, 5.41) is 3.17. The molecule has 21 heavy (non-hydrogen) atoms. The van der Waals surface area contributed by atoms with Crippen LogP contribution in [0.4, 0.5) is 0 Å². The Kier molecular flexibility index (Phi) is 4.36. The summed E-state index contributed by atoms with van der Waals surface area (Å²) in [4.78, 5) is 25.5. The second kappa shape index (κ2) is 5.62. The SMILES string of the molecule is CN1CC(C(=O)NC2CCC(C)(C(C)(C)C)CC2)CC1=O. The molecule has 0 spiro atoms. The van der Waals surface area contributed by atoms with Gasteiger partial charge in [0.25, 0.3) is 0 Å². The second-order valence-corrected chi connectivity index (χ2v) is 8.27. The summed E-state index contributed by atoms with van der Waals surface area (Å²) in [5.41, 5.74) is 0.667. The van der Waals surface area contributed by atoms with Crippen molar-refractivity contribution >= 4 is 11.8 Å². The van der Waals surface area contributed by atoms with Gasteiger partial charge in [-0.25, -0.2) is 0 Å². The zero-order valence-corrected chi connectivity index (χ0v) is 14.2. The lowest BCUT2D eigenvalue weighted by Gasteiger charge is -2.47. The van der Waals surface area contributed by atoms with Crippen molar-refractivity contribution in [3.05, 3.63) is 0 Å². The molecule has 1 N–H and O–H groups in total. The predicted octanol–water partition coefficient (Wildman–Crippen LogP) is 2.58. The van der Waals surface area contributed by atoms with E-state index in [2.05, 4.69) is 33.0 Å². The van der Waals surface area contributed by atoms with Crippen LogP contribution < -0.4 is 5.32 Å². The summed E-state index contributed by atoms with van der Waals surface area (Å²) in [6.45, 7) is 9.87. The lowest BCUT2D eigenvalue weighted by atomic mass is 9.60. The topological polar surface area (TPSA) is 49.4 Å². The first-order valence-corrected chi connectivity index (χ1v) is 8.17. The van der Waals surface area contributed by atoms with Gasteiger partial charge in [0.05, 0.1) is 5.92 Å². The number of rotatable bonds is 2. The minimum absolute atomic E-state index is 0.0667. The monoisotopic (exact) mass is 294 g/mol. The quantitative estimate of drug-likeness (QED) is 0.851. The van der Waals surface area contributed by atoms with Crippen molar-refractivity contribution in [3.8, 4) is 0 Å². The summed E-state index contributed by atoms with van der Waals surface area (Å²) in [6.07, 6.45) is 4.79. The molecular formula is C17H30N2O2. The molecule has 1 atom stereocenters. The summed E-state index contributed by atoms with van der Waals surface area (Å²) in [6, 6.07) is 0.286. The van der Waals surface area contributed by atoms with E-state index in [4.69, 9.17) is 0 Å². The number of carbonyl (C=O) groups is 2. The highest BCUT2D eigenvalue weighted by molar-refractivity contribution is 5.89. The van der Waals surface area contributed by atoms with Gasteiger partial charge in [-0.05, 0) is 36.5 Å². The third kappa shape index (κ3) is 3.41. The van der Waals surface area contributed by atoms with E-state index >= 15 is 0 Å². The Labute approximate surface area is 128 Å². The van der Waals surface area contributed by atoms with Crippen molar-refractivity contribution in [1.29, 1.82) is 0 Å². The molecule has 1 saturated heterocycles. The third-order valence-corrected chi connectivity index (χ3v) is 5.96. The maximum Gasteiger partial charge on any atom is 0.225 e. The van der Waals surface area contributed by atoms with Crippen molar-refractivity contribution in [3.63, 3.8) is 0 Å². The van der Waals surface area contributed by atoms with Crippen molar-refractivity contribution in [2.24, 2.45) is 16.7 Å². The number of carbonyl (C=O) groups excluding carboxylic acids is 2. The van der Waals surface area contributed by atoms with E-state index in [1.54, 1.807) is 11.9 Å². The molecule has 0 bridgehead atoms. The average Bonchev–Trinajstić information content (AvgIpc) is 2.71. The van der Waals surface area contributed by atoms with Crippen LogP contribution in [0.2, 0.25) is 0 Å².